The molecule has 4 rings (SSSR count). The van der Waals surface area contributed by atoms with Crippen molar-refractivity contribution in [3.8, 4) is 11.3 Å². The van der Waals surface area contributed by atoms with Crippen LogP contribution in [0, 0.1) is 18.2 Å². The van der Waals surface area contributed by atoms with E-state index in [4.69, 9.17) is 5.73 Å². The van der Waals surface area contributed by atoms with Gasteiger partial charge in [0.2, 0.25) is 5.65 Å². The Morgan fingerprint density at radius 2 is 2.08 bits per heavy atom. The minimum Gasteiger partial charge on any atom is -0.355 e. The molecule has 0 saturated carbocycles. The first-order valence-corrected chi connectivity index (χ1v) is 8.92. The molecule has 7 heteroatoms. The van der Waals surface area contributed by atoms with E-state index in [0.717, 1.165) is 43.0 Å². The third-order valence-electron chi connectivity index (χ3n) is 5.49. The SMILES string of the molecule is Cc1cc(-c2[nH]nc3nc(N4CCC(C)(CN)CC4)cnc23)ccc1F. The van der Waals surface area contributed by atoms with Crippen LogP contribution in [0.3, 0.4) is 0 Å². The molecule has 0 amide bonds. The smallest absolute Gasteiger partial charge is 0.202 e. The Kier molecular flexibility index (Phi) is 4.11. The molecule has 26 heavy (non-hydrogen) atoms. The van der Waals surface area contributed by atoms with E-state index < -0.39 is 0 Å². The maximum absolute atomic E-state index is 13.5. The highest BCUT2D eigenvalue weighted by Crippen LogP contribution is 2.32. The molecule has 6 nitrogen and oxygen atoms in total. The van der Waals surface area contributed by atoms with Crippen LogP contribution in [0.2, 0.25) is 0 Å². The average Bonchev–Trinajstić information content (AvgIpc) is 3.08. The van der Waals surface area contributed by atoms with Crippen molar-refractivity contribution >= 4 is 17.0 Å². The Labute approximate surface area is 151 Å². The zero-order valence-electron chi connectivity index (χ0n) is 15.1. The summed E-state index contributed by atoms with van der Waals surface area (Å²) in [6, 6.07) is 4.97. The number of fused-ring (bicyclic) bond motifs is 1. The number of nitrogens with one attached hydrogen (secondary N) is 1. The van der Waals surface area contributed by atoms with Gasteiger partial charge in [-0.1, -0.05) is 6.92 Å². The Hall–Kier alpha value is -2.54. The van der Waals surface area contributed by atoms with E-state index in [-0.39, 0.29) is 11.2 Å². The number of nitrogens with two attached hydrogens (primary N) is 1. The van der Waals surface area contributed by atoms with Crippen molar-refractivity contribution in [2.45, 2.75) is 26.7 Å². The van der Waals surface area contributed by atoms with Gasteiger partial charge in [0, 0.05) is 18.7 Å². The topological polar surface area (TPSA) is 83.7 Å². The van der Waals surface area contributed by atoms with Gasteiger partial charge in [-0.3, -0.25) is 5.10 Å². The van der Waals surface area contributed by atoms with Gasteiger partial charge in [-0.05, 0) is 55.5 Å². The standard InChI is InChI=1S/C19H23FN6/c1-12-9-13(3-4-14(12)20)16-17-18(25-24-16)23-15(10-22-17)26-7-5-19(2,11-21)6-8-26/h3-4,9-10H,5-8,11,21H2,1-2H3,(H,23,24,25). The van der Waals surface area contributed by atoms with Crippen molar-refractivity contribution in [1.82, 2.24) is 20.2 Å². The molecule has 1 saturated heterocycles. The van der Waals surface area contributed by atoms with Crippen LogP contribution in [0.15, 0.2) is 24.4 Å². The third kappa shape index (κ3) is 2.92. The number of piperidine rings is 1. The summed E-state index contributed by atoms with van der Waals surface area (Å²) in [5.74, 6) is 0.616. The van der Waals surface area contributed by atoms with Crippen LogP contribution < -0.4 is 10.6 Å². The molecule has 3 N–H and O–H groups in total. The maximum Gasteiger partial charge on any atom is 0.202 e. The highest BCUT2D eigenvalue weighted by molar-refractivity contribution is 5.87. The van der Waals surface area contributed by atoms with Crippen LogP contribution in [-0.4, -0.2) is 39.8 Å². The fourth-order valence-corrected chi connectivity index (χ4v) is 3.42. The van der Waals surface area contributed by atoms with Gasteiger partial charge in [0.1, 0.15) is 17.2 Å². The van der Waals surface area contributed by atoms with Gasteiger partial charge in [0.05, 0.1) is 11.9 Å². The lowest BCUT2D eigenvalue weighted by Gasteiger charge is -2.39. The molecular formula is C19H23FN6. The van der Waals surface area contributed by atoms with Gasteiger partial charge >= 0.3 is 0 Å². The van der Waals surface area contributed by atoms with Crippen molar-refractivity contribution in [2.24, 2.45) is 11.1 Å². The van der Waals surface area contributed by atoms with Crippen molar-refractivity contribution in [1.29, 1.82) is 0 Å². The van der Waals surface area contributed by atoms with Crippen molar-refractivity contribution < 1.29 is 4.39 Å². The van der Waals surface area contributed by atoms with Crippen LogP contribution in [0.5, 0.6) is 0 Å². The van der Waals surface area contributed by atoms with Gasteiger partial charge < -0.3 is 10.6 Å². The lowest BCUT2D eigenvalue weighted by molar-refractivity contribution is 0.258. The minimum atomic E-state index is -0.222. The number of benzene rings is 1. The zero-order chi connectivity index (χ0) is 18.3. The van der Waals surface area contributed by atoms with E-state index >= 15 is 0 Å². The summed E-state index contributed by atoms with van der Waals surface area (Å²) in [7, 11) is 0. The first-order chi connectivity index (χ1) is 12.5. The maximum atomic E-state index is 13.5. The van der Waals surface area contributed by atoms with Crippen molar-refractivity contribution in [2.75, 3.05) is 24.5 Å². The van der Waals surface area contributed by atoms with Gasteiger partial charge in [-0.15, -0.1) is 0 Å². The molecule has 1 aliphatic heterocycles. The van der Waals surface area contributed by atoms with E-state index in [1.807, 2.05) is 0 Å². The summed E-state index contributed by atoms with van der Waals surface area (Å²) in [5.41, 5.74) is 9.58. The highest BCUT2D eigenvalue weighted by atomic mass is 19.1. The van der Waals surface area contributed by atoms with Crippen LogP contribution in [0.4, 0.5) is 10.2 Å². The molecule has 0 aliphatic carbocycles. The molecule has 1 aromatic carbocycles. The second-order valence-electron chi connectivity index (χ2n) is 7.46. The molecule has 3 aromatic rings. The molecule has 0 spiro atoms. The molecule has 0 bridgehead atoms. The Balaban J connectivity index is 1.63. The van der Waals surface area contributed by atoms with Crippen molar-refractivity contribution in [3.05, 3.63) is 35.8 Å². The lowest BCUT2D eigenvalue weighted by atomic mass is 9.80. The number of hydrogen-bond donors (Lipinski definition) is 2. The summed E-state index contributed by atoms with van der Waals surface area (Å²) in [4.78, 5) is 11.5. The summed E-state index contributed by atoms with van der Waals surface area (Å²) < 4.78 is 13.5. The van der Waals surface area contributed by atoms with Gasteiger partial charge in [0.15, 0.2) is 0 Å². The minimum absolute atomic E-state index is 0.216. The van der Waals surface area contributed by atoms with E-state index in [1.165, 1.54) is 6.07 Å². The first kappa shape index (κ1) is 16.9. The number of aromatic amines is 1. The monoisotopic (exact) mass is 354 g/mol. The number of aryl methyl sites for hydroxylation is 1. The molecule has 1 fully saturated rings. The van der Waals surface area contributed by atoms with Crippen LogP contribution >= 0.6 is 0 Å². The highest BCUT2D eigenvalue weighted by Gasteiger charge is 2.29. The van der Waals surface area contributed by atoms with Gasteiger partial charge in [0.25, 0.3) is 0 Å². The number of H-pyrrole nitrogens is 1. The summed E-state index contributed by atoms with van der Waals surface area (Å²) >= 11 is 0. The molecule has 1 aliphatic rings. The van der Waals surface area contributed by atoms with E-state index in [1.54, 1.807) is 25.3 Å². The molecular weight excluding hydrogens is 331 g/mol. The molecule has 3 heterocycles. The Bertz CT molecular complexity index is 942. The number of halogens is 1. The van der Waals surface area contributed by atoms with E-state index in [0.29, 0.717) is 23.3 Å². The molecule has 0 radical (unpaired) electrons. The second kappa shape index (κ2) is 6.32. The fourth-order valence-electron chi connectivity index (χ4n) is 3.42. The number of nitrogens with zero attached hydrogens (tertiary/aromatic N) is 4. The summed E-state index contributed by atoms with van der Waals surface area (Å²) in [5, 5.41) is 7.30. The molecule has 0 atom stereocenters. The second-order valence-corrected chi connectivity index (χ2v) is 7.46. The van der Waals surface area contributed by atoms with Crippen molar-refractivity contribution in [3.63, 3.8) is 0 Å². The summed E-state index contributed by atoms with van der Waals surface area (Å²) in [6.07, 6.45) is 3.89. The molecule has 2 aromatic heterocycles. The van der Waals surface area contributed by atoms with Gasteiger partial charge in [-0.2, -0.15) is 5.10 Å². The lowest BCUT2D eigenvalue weighted by Crippen LogP contribution is -2.42. The van der Waals surface area contributed by atoms with E-state index in [9.17, 15) is 4.39 Å². The summed E-state index contributed by atoms with van der Waals surface area (Å²) in [6.45, 7) is 6.53. The Morgan fingerprint density at radius 1 is 1.31 bits per heavy atom. The molecule has 0 unspecified atom stereocenters. The zero-order valence-corrected chi connectivity index (χ0v) is 15.1. The quantitative estimate of drug-likeness (QED) is 0.755. The van der Waals surface area contributed by atoms with E-state index in [2.05, 4.69) is 32.0 Å². The normalized spacial score (nSPS) is 17.0. The Morgan fingerprint density at radius 3 is 2.77 bits per heavy atom. The van der Waals surface area contributed by atoms with Crippen LogP contribution in [0.25, 0.3) is 22.4 Å². The van der Waals surface area contributed by atoms with Crippen LogP contribution in [-0.2, 0) is 0 Å². The number of rotatable bonds is 3. The third-order valence-corrected chi connectivity index (χ3v) is 5.49. The molecule has 136 valence electrons. The number of hydrogen-bond acceptors (Lipinski definition) is 5. The largest absolute Gasteiger partial charge is 0.355 e. The predicted molar refractivity (Wildman–Crippen MR) is 100 cm³/mol. The predicted octanol–water partition coefficient (Wildman–Crippen LogP) is 3.03. The fraction of sp³-hybridized carbons (Fsp3) is 0.421. The van der Waals surface area contributed by atoms with Gasteiger partial charge in [-0.25, -0.2) is 14.4 Å². The number of anilines is 1. The number of aromatic nitrogens is 4. The average molecular weight is 354 g/mol. The van der Waals surface area contributed by atoms with Crippen LogP contribution in [0.1, 0.15) is 25.3 Å². The first-order valence-electron chi connectivity index (χ1n) is 8.92.